The van der Waals surface area contributed by atoms with Gasteiger partial charge in [-0.25, -0.2) is 4.98 Å². The molecule has 2 fully saturated rings. The van der Waals surface area contributed by atoms with E-state index in [0.717, 1.165) is 56.9 Å². The molecule has 2 aliphatic carbocycles. The highest BCUT2D eigenvalue weighted by Gasteiger charge is 2.25. The van der Waals surface area contributed by atoms with Crippen molar-refractivity contribution in [3.8, 4) is 11.4 Å². The monoisotopic (exact) mass is 546 g/mol. The lowest BCUT2D eigenvalue weighted by Gasteiger charge is -2.21. The first-order chi connectivity index (χ1) is 17.4. The van der Waals surface area contributed by atoms with Gasteiger partial charge in [-0.05, 0) is 49.9 Å². The van der Waals surface area contributed by atoms with Crippen molar-refractivity contribution in [2.45, 2.75) is 64.2 Å². The summed E-state index contributed by atoms with van der Waals surface area (Å²) >= 11 is 19.7. The molecule has 2 aromatic carbocycles. The summed E-state index contributed by atoms with van der Waals surface area (Å²) in [5, 5.41) is 6.99. The Morgan fingerprint density at radius 2 is 1.42 bits per heavy atom. The molecule has 0 aliphatic heterocycles. The lowest BCUT2D eigenvalue weighted by atomic mass is 9.88. The number of nitrogens with one attached hydrogen (secondary N) is 3. The van der Waals surface area contributed by atoms with Gasteiger partial charge in [0.2, 0.25) is 11.8 Å². The molecule has 0 spiro atoms. The largest absolute Gasteiger partial charge is 0.338 e. The topological polar surface area (TPSA) is 86.9 Å². The SMILES string of the molecule is O=C(Nc1ccc(-c2nc3c(Cl)c(NC(=O)C4CCCCC4)c(Cl)cc3[nH]2)cc1Cl)C1CCCCC1. The van der Waals surface area contributed by atoms with Crippen molar-refractivity contribution in [1.29, 1.82) is 0 Å². The Balaban J connectivity index is 1.36. The van der Waals surface area contributed by atoms with Crippen LogP contribution in [0.25, 0.3) is 22.4 Å². The fourth-order valence-electron chi connectivity index (χ4n) is 5.29. The van der Waals surface area contributed by atoms with E-state index in [2.05, 4.69) is 20.6 Å². The van der Waals surface area contributed by atoms with Crippen molar-refractivity contribution >= 4 is 69.0 Å². The molecule has 9 heteroatoms. The highest BCUT2D eigenvalue weighted by atomic mass is 35.5. The van der Waals surface area contributed by atoms with Gasteiger partial charge in [-0.3, -0.25) is 9.59 Å². The summed E-state index contributed by atoms with van der Waals surface area (Å²) in [4.78, 5) is 33.3. The maximum absolute atomic E-state index is 12.8. The van der Waals surface area contributed by atoms with Crippen molar-refractivity contribution in [2.75, 3.05) is 10.6 Å². The van der Waals surface area contributed by atoms with E-state index >= 15 is 0 Å². The minimum absolute atomic E-state index is 0.0180. The Kier molecular flexibility index (Phi) is 7.75. The summed E-state index contributed by atoms with van der Waals surface area (Å²) in [6, 6.07) is 7.12. The molecule has 36 heavy (non-hydrogen) atoms. The lowest BCUT2D eigenvalue weighted by Crippen LogP contribution is -2.25. The van der Waals surface area contributed by atoms with Crippen LogP contribution in [0.3, 0.4) is 0 Å². The van der Waals surface area contributed by atoms with Crippen molar-refractivity contribution in [1.82, 2.24) is 9.97 Å². The number of fused-ring (bicyclic) bond motifs is 1. The van der Waals surface area contributed by atoms with Crippen LogP contribution in [0.4, 0.5) is 11.4 Å². The lowest BCUT2D eigenvalue weighted by molar-refractivity contribution is -0.121. The molecule has 2 aliphatic rings. The third-order valence-electron chi connectivity index (χ3n) is 7.37. The number of hydrogen-bond acceptors (Lipinski definition) is 3. The van der Waals surface area contributed by atoms with Gasteiger partial charge in [-0.2, -0.15) is 0 Å². The summed E-state index contributed by atoms with van der Waals surface area (Å²) in [5.74, 6) is 0.564. The molecule has 0 unspecified atom stereocenters. The van der Waals surface area contributed by atoms with E-state index in [9.17, 15) is 9.59 Å². The average Bonchev–Trinajstić information content (AvgIpc) is 3.32. The number of nitrogens with zero attached hydrogens (tertiary/aromatic N) is 1. The van der Waals surface area contributed by atoms with Crippen LogP contribution < -0.4 is 10.6 Å². The number of rotatable bonds is 5. The number of carbonyl (C=O) groups is 2. The van der Waals surface area contributed by atoms with Crippen molar-refractivity contribution < 1.29 is 9.59 Å². The predicted octanol–water partition coefficient (Wildman–Crippen LogP) is 8.23. The zero-order valence-electron chi connectivity index (χ0n) is 19.9. The fraction of sp³-hybridized carbons (Fsp3) is 0.444. The van der Waals surface area contributed by atoms with Gasteiger partial charge in [-0.15, -0.1) is 0 Å². The highest BCUT2D eigenvalue weighted by molar-refractivity contribution is 6.43. The molecule has 6 nitrogen and oxygen atoms in total. The second-order valence-electron chi connectivity index (χ2n) is 9.87. The highest BCUT2D eigenvalue weighted by Crippen LogP contribution is 2.39. The van der Waals surface area contributed by atoms with E-state index in [4.69, 9.17) is 34.8 Å². The van der Waals surface area contributed by atoms with Crippen LogP contribution in [-0.2, 0) is 9.59 Å². The van der Waals surface area contributed by atoms with E-state index in [0.29, 0.717) is 43.3 Å². The maximum atomic E-state index is 12.8. The average molecular weight is 548 g/mol. The van der Waals surface area contributed by atoms with E-state index in [1.807, 2.05) is 6.07 Å². The zero-order valence-corrected chi connectivity index (χ0v) is 22.2. The molecule has 1 aromatic heterocycles. The van der Waals surface area contributed by atoms with Crippen molar-refractivity contribution in [2.24, 2.45) is 11.8 Å². The molecule has 2 saturated carbocycles. The van der Waals surface area contributed by atoms with Crippen LogP contribution in [0.2, 0.25) is 15.1 Å². The third-order valence-corrected chi connectivity index (χ3v) is 8.35. The van der Waals surface area contributed by atoms with Crippen molar-refractivity contribution in [3.05, 3.63) is 39.3 Å². The summed E-state index contributed by atoms with van der Waals surface area (Å²) in [5.41, 5.74) is 2.88. The Bertz CT molecular complexity index is 1290. The minimum atomic E-state index is -0.0498. The molecule has 5 rings (SSSR count). The minimum Gasteiger partial charge on any atom is -0.338 e. The molecule has 0 bridgehead atoms. The van der Waals surface area contributed by atoms with Crippen LogP contribution in [0, 0.1) is 11.8 Å². The third kappa shape index (κ3) is 5.36. The molecule has 1 heterocycles. The zero-order chi connectivity index (χ0) is 25.2. The maximum Gasteiger partial charge on any atom is 0.227 e. The first-order valence-corrected chi connectivity index (χ1v) is 13.8. The number of anilines is 2. The Morgan fingerprint density at radius 3 is 2.03 bits per heavy atom. The van der Waals surface area contributed by atoms with Gasteiger partial charge < -0.3 is 15.6 Å². The van der Waals surface area contributed by atoms with Crippen molar-refractivity contribution in [3.63, 3.8) is 0 Å². The van der Waals surface area contributed by atoms with Gasteiger partial charge in [0.15, 0.2) is 0 Å². The fourth-order valence-corrected chi connectivity index (χ4v) is 6.11. The predicted molar refractivity (Wildman–Crippen MR) is 147 cm³/mol. The Hall–Kier alpha value is -2.28. The molecular weight excluding hydrogens is 519 g/mol. The Labute approximate surface area is 225 Å². The number of aromatic amines is 1. The number of carbonyl (C=O) groups excluding carboxylic acids is 2. The molecule has 0 radical (unpaired) electrons. The number of amides is 2. The number of halogens is 3. The number of aromatic nitrogens is 2. The van der Waals surface area contributed by atoms with E-state index in [-0.39, 0.29) is 23.7 Å². The van der Waals surface area contributed by atoms with Gasteiger partial charge in [-0.1, -0.05) is 73.3 Å². The summed E-state index contributed by atoms with van der Waals surface area (Å²) in [6.45, 7) is 0. The van der Waals surface area contributed by atoms with Crippen LogP contribution in [0.5, 0.6) is 0 Å². The van der Waals surface area contributed by atoms with Gasteiger partial charge in [0.05, 0.1) is 32.0 Å². The van der Waals surface area contributed by atoms with E-state index in [1.165, 1.54) is 12.8 Å². The molecule has 3 aromatic rings. The van der Waals surface area contributed by atoms with Crippen LogP contribution >= 0.6 is 34.8 Å². The molecule has 0 atom stereocenters. The summed E-state index contributed by atoms with van der Waals surface area (Å²) in [6.07, 6.45) is 10.3. The number of hydrogen-bond donors (Lipinski definition) is 3. The molecule has 0 saturated heterocycles. The van der Waals surface area contributed by atoms with Gasteiger partial charge in [0.25, 0.3) is 0 Å². The summed E-state index contributed by atoms with van der Waals surface area (Å²) < 4.78 is 0. The summed E-state index contributed by atoms with van der Waals surface area (Å²) in [7, 11) is 0. The molecular formula is C27H29Cl3N4O2. The first-order valence-electron chi connectivity index (χ1n) is 12.7. The number of benzene rings is 2. The van der Waals surface area contributed by atoms with Gasteiger partial charge in [0.1, 0.15) is 11.3 Å². The molecule has 190 valence electrons. The van der Waals surface area contributed by atoms with Crippen LogP contribution in [-0.4, -0.2) is 21.8 Å². The smallest absolute Gasteiger partial charge is 0.227 e. The van der Waals surface area contributed by atoms with Gasteiger partial charge in [0, 0.05) is 17.4 Å². The number of H-pyrrole nitrogens is 1. The van der Waals surface area contributed by atoms with Crippen LogP contribution in [0.1, 0.15) is 64.2 Å². The number of imidazole rings is 1. The van der Waals surface area contributed by atoms with E-state index in [1.54, 1.807) is 18.2 Å². The second kappa shape index (κ2) is 11.0. The normalized spacial score (nSPS) is 17.3. The van der Waals surface area contributed by atoms with Gasteiger partial charge >= 0.3 is 0 Å². The standard InChI is InChI=1S/C27H29Cl3N4O2/c28-18-13-17(11-12-20(18)32-26(35)15-7-3-1-4-8-15)25-31-21-14-19(29)23(22(30)24(21)33-25)34-27(36)16-9-5-2-6-10-16/h11-16H,1-10H2,(H,31,33)(H,32,35)(H,34,36). The second-order valence-corrected chi connectivity index (χ2v) is 11.1. The van der Waals surface area contributed by atoms with Crippen LogP contribution in [0.15, 0.2) is 24.3 Å². The Morgan fingerprint density at radius 1 is 0.806 bits per heavy atom. The van der Waals surface area contributed by atoms with E-state index < -0.39 is 0 Å². The molecule has 2 amide bonds. The molecule has 3 N–H and O–H groups in total. The quantitative estimate of drug-likeness (QED) is 0.301. The first kappa shape index (κ1) is 25.4.